The van der Waals surface area contributed by atoms with Gasteiger partial charge in [0, 0.05) is 6.54 Å². The number of carbonyl (C=O) groups is 1. The highest BCUT2D eigenvalue weighted by atomic mass is 32.2. The first-order valence-electron chi connectivity index (χ1n) is 7.87. The minimum Gasteiger partial charge on any atom is -0.467 e. The Labute approximate surface area is 141 Å². The van der Waals surface area contributed by atoms with Crippen LogP contribution < -0.4 is 5.32 Å². The average molecular weight is 348 g/mol. The highest BCUT2D eigenvalue weighted by Gasteiger charge is 2.39. The number of aryl methyl sites for hydroxylation is 1. The van der Waals surface area contributed by atoms with Crippen molar-refractivity contribution in [3.63, 3.8) is 0 Å². The van der Waals surface area contributed by atoms with Gasteiger partial charge in [-0.2, -0.15) is 4.31 Å². The number of rotatable bonds is 5. The smallest absolute Gasteiger partial charge is 0.243 e. The summed E-state index contributed by atoms with van der Waals surface area (Å²) >= 11 is 0. The van der Waals surface area contributed by atoms with E-state index in [9.17, 15) is 13.2 Å². The predicted octanol–water partition coefficient (Wildman–Crippen LogP) is 2.06. The molecule has 7 heteroatoms. The third kappa shape index (κ3) is 3.37. The van der Waals surface area contributed by atoms with Crippen LogP contribution in [0.15, 0.2) is 52.0 Å². The van der Waals surface area contributed by atoms with Crippen LogP contribution in [0.3, 0.4) is 0 Å². The molecule has 128 valence electrons. The maximum absolute atomic E-state index is 12.8. The number of sulfonamides is 1. The fourth-order valence-corrected chi connectivity index (χ4v) is 4.50. The summed E-state index contributed by atoms with van der Waals surface area (Å²) in [4.78, 5) is 12.6. The first-order valence-corrected chi connectivity index (χ1v) is 9.31. The summed E-state index contributed by atoms with van der Waals surface area (Å²) in [7, 11) is -3.67. The molecule has 1 amide bonds. The van der Waals surface area contributed by atoms with Crippen molar-refractivity contribution in [1.82, 2.24) is 9.62 Å². The van der Waals surface area contributed by atoms with Gasteiger partial charge < -0.3 is 9.73 Å². The lowest BCUT2D eigenvalue weighted by Gasteiger charge is -2.23. The van der Waals surface area contributed by atoms with Gasteiger partial charge in [-0.05, 0) is 44.0 Å². The molecule has 1 N–H and O–H groups in total. The Balaban J connectivity index is 1.74. The van der Waals surface area contributed by atoms with E-state index in [2.05, 4.69) is 5.32 Å². The van der Waals surface area contributed by atoms with Crippen molar-refractivity contribution in [2.24, 2.45) is 0 Å². The number of amides is 1. The van der Waals surface area contributed by atoms with Crippen molar-refractivity contribution in [2.45, 2.75) is 37.2 Å². The Morgan fingerprint density at radius 1 is 1.29 bits per heavy atom. The molecule has 2 aromatic rings. The Bertz CT molecular complexity index is 798. The van der Waals surface area contributed by atoms with E-state index in [-0.39, 0.29) is 17.3 Å². The molecular formula is C17H20N2O4S. The number of furan rings is 1. The van der Waals surface area contributed by atoms with E-state index in [1.165, 1.54) is 10.6 Å². The second kappa shape index (κ2) is 6.78. The molecule has 1 aliphatic rings. The van der Waals surface area contributed by atoms with Gasteiger partial charge in [0.1, 0.15) is 11.8 Å². The molecule has 0 aliphatic carbocycles. The van der Waals surface area contributed by atoms with E-state index in [1.54, 1.807) is 36.4 Å². The molecule has 6 nitrogen and oxygen atoms in total. The van der Waals surface area contributed by atoms with E-state index in [1.807, 2.05) is 6.92 Å². The van der Waals surface area contributed by atoms with Crippen molar-refractivity contribution >= 4 is 15.9 Å². The van der Waals surface area contributed by atoms with Crippen molar-refractivity contribution in [3.8, 4) is 0 Å². The Hall–Kier alpha value is -2.12. The molecule has 2 heterocycles. The van der Waals surface area contributed by atoms with Crippen LogP contribution in [0.25, 0.3) is 0 Å². The van der Waals surface area contributed by atoms with Gasteiger partial charge in [-0.3, -0.25) is 4.79 Å². The molecular weight excluding hydrogens is 328 g/mol. The van der Waals surface area contributed by atoms with E-state index in [0.29, 0.717) is 25.1 Å². The van der Waals surface area contributed by atoms with Crippen molar-refractivity contribution in [2.75, 3.05) is 6.54 Å². The second-order valence-corrected chi connectivity index (χ2v) is 7.77. The standard InChI is InChI=1S/C17H20N2O4S/c1-13-6-8-15(9-7-13)24(21,22)19-10-2-5-16(19)17(20)18-12-14-4-3-11-23-14/h3-4,6-9,11,16H,2,5,10,12H2,1H3,(H,18,20)/t16-/m1/s1. The van der Waals surface area contributed by atoms with Crippen LogP contribution >= 0.6 is 0 Å². The van der Waals surface area contributed by atoms with Crippen LogP contribution in [0, 0.1) is 6.92 Å². The van der Waals surface area contributed by atoms with Gasteiger partial charge >= 0.3 is 0 Å². The number of benzene rings is 1. The highest BCUT2D eigenvalue weighted by molar-refractivity contribution is 7.89. The fraction of sp³-hybridized carbons (Fsp3) is 0.353. The van der Waals surface area contributed by atoms with Crippen molar-refractivity contribution in [3.05, 3.63) is 54.0 Å². The largest absolute Gasteiger partial charge is 0.467 e. The summed E-state index contributed by atoms with van der Waals surface area (Å²) in [5.74, 6) is 0.342. The minimum atomic E-state index is -3.67. The van der Waals surface area contributed by atoms with E-state index >= 15 is 0 Å². The number of nitrogens with one attached hydrogen (secondary N) is 1. The van der Waals surface area contributed by atoms with Crippen LogP contribution in [0.2, 0.25) is 0 Å². The lowest BCUT2D eigenvalue weighted by atomic mass is 10.2. The van der Waals surface area contributed by atoms with Crippen LogP contribution in [-0.4, -0.2) is 31.2 Å². The average Bonchev–Trinajstić information content (AvgIpc) is 3.24. The van der Waals surface area contributed by atoms with Crippen LogP contribution in [0.4, 0.5) is 0 Å². The normalized spacial score (nSPS) is 18.6. The molecule has 24 heavy (non-hydrogen) atoms. The van der Waals surface area contributed by atoms with Crippen LogP contribution in [0.5, 0.6) is 0 Å². The Kier molecular flexibility index (Phi) is 4.73. The molecule has 1 atom stereocenters. The number of carbonyl (C=O) groups excluding carboxylic acids is 1. The molecule has 1 fully saturated rings. The van der Waals surface area contributed by atoms with Gasteiger partial charge in [0.15, 0.2) is 0 Å². The summed E-state index contributed by atoms with van der Waals surface area (Å²) in [6.45, 7) is 2.51. The third-order valence-electron chi connectivity index (χ3n) is 4.15. The molecule has 0 spiro atoms. The molecule has 0 saturated carbocycles. The molecule has 0 bridgehead atoms. The first-order chi connectivity index (χ1) is 11.5. The Morgan fingerprint density at radius 2 is 2.04 bits per heavy atom. The third-order valence-corrected chi connectivity index (χ3v) is 6.07. The zero-order valence-electron chi connectivity index (χ0n) is 13.4. The van der Waals surface area contributed by atoms with Crippen LogP contribution in [0.1, 0.15) is 24.2 Å². The van der Waals surface area contributed by atoms with Gasteiger partial charge in [0.25, 0.3) is 0 Å². The molecule has 1 aromatic heterocycles. The van der Waals surface area contributed by atoms with Gasteiger partial charge in [0.05, 0.1) is 17.7 Å². The van der Waals surface area contributed by atoms with E-state index in [4.69, 9.17) is 4.42 Å². The lowest BCUT2D eigenvalue weighted by molar-refractivity contribution is -0.124. The van der Waals surface area contributed by atoms with Crippen molar-refractivity contribution in [1.29, 1.82) is 0 Å². The first kappa shape index (κ1) is 16.7. The van der Waals surface area contributed by atoms with Gasteiger partial charge in [0.2, 0.25) is 15.9 Å². The topological polar surface area (TPSA) is 79.6 Å². The number of hydrogen-bond acceptors (Lipinski definition) is 4. The maximum atomic E-state index is 12.8. The second-order valence-electron chi connectivity index (χ2n) is 5.88. The molecule has 0 unspecified atom stereocenters. The molecule has 1 aliphatic heterocycles. The number of hydrogen-bond donors (Lipinski definition) is 1. The lowest BCUT2D eigenvalue weighted by Crippen LogP contribution is -2.45. The van der Waals surface area contributed by atoms with E-state index < -0.39 is 16.1 Å². The quantitative estimate of drug-likeness (QED) is 0.897. The Morgan fingerprint density at radius 3 is 2.71 bits per heavy atom. The summed E-state index contributed by atoms with van der Waals surface area (Å²) in [6.07, 6.45) is 2.73. The zero-order chi connectivity index (χ0) is 17.2. The summed E-state index contributed by atoms with van der Waals surface area (Å²) in [5, 5.41) is 2.75. The monoisotopic (exact) mass is 348 g/mol. The minimum absolute atomic E-state index is 0.221. The molecule has 3 rings (SSSR count). The van der Waals surface area contributed by atoms with Crippen LogP contribution in [-0.2, 0) is 21.4 Å². The molecule has 1 saturated heterocycles. The zero-order valence-corrected chi connectivity index (χ0v) is 14.3. The SMILES string of the molecule is Cc1ccc(S(=O)(=O)N2CCC[C@@H]2C(=O)NCc2ccco2)cc1. The van der Waals surface area contributed by atoms with Gasteiger partial charge in [-0.25, -0.2) is 8.42 Å². The summed E-state index contributed by atoms with van der Waals surface area (Å²) in [5.41, 5.74) is 0.989. The highest BCUT2D eigenvalue weighted by Crippen LogP contribution is 2.26. The fourth-order valence-electron chi connectivity index (χ4n) is 2.84. The molecule has 0 radical (unpaired) electrons. The predicted molar refractivity (Wildman–Crippen MR) is 88.6 cm³/mol. The van der Waals surface area contributed by atoms with E-state index in [0.717, 1.165) is 5.56 Å². The summed E-state index contributed by atoms with van der Waals surface area (Å²) < 4.78 is 32.1. The van der Waals surface area contributed by atoms with Crippen molar-refractivity contribution < 1.29 is 17.6 Å². The van der Waals surface area contributed by atoms with Gasteiger partial charge in [-0.1, -0.05) is 17.7 Å². The maximum Gasteiger partial charge on any atom is 0.243 e. The summed E-state index contributed by atoms with van der Waals surface area (Å²) in [6, 6.07) is 9.51. The number of nitrogens with zero attached hydrogens (tertiary/aromatic N) is 1. The van der Waals surface area contributed by atoms with Gasteiger partial charge in [-0.15, -0.1) is 0 Å². The molecule has 1 aromatic carbocycles.